The Morgan fingerprint density at radius 3 is 2.09 bits per heavy atom. The smallest absolute Gasteiger partial charge is 0.343 e. The number of rotatable bonds is 8. The lowest BCUT2D eigenvalue weighted by Gasteiger charge is -2.18. The van der Waals surface area contributed by atoms with Crippen molar-refractivity contribution in [3.63, 3.8) is 0 Å². The molecule has 0 saturated heterocycles. The maximum atomic E-state index is 13.3. The molecule has 176 valence electrons. The second-order valence-electron chi connectivity index (χ2n) is 8.19. The van der Waals surface area contributed by atoms with Gasteiger partial charge in [-0.1, -0.05) is 84.9 Å². The third-order valence-electron chi connectivity index (χ3n) is 5.77. The van der Waals surface area contributed by atoms with Crippen molar-refractivity contribution in [1.29, 1.82) is 0 Å². The number of benzene rings is 4. The van der Waals surface area contributed by atoms with Gasteiger partial charge in [-0.2, -0.15) is 0 Å². The molecule has 1 N–H and O–H groups in total. The van der Waals surface area contributed by atoms with Gasteiger partial charge in [-0.05, 0) is 38.7 Å². The number of hydrogen-bond acceptors (Lipinski definition) is 5. The second-order valence-corrected chi connectivity index (χ2v) is 9.05. The zero-order valence-corrected chi connectivity index (χ0v) is 20.5. The molecule has 1 heterocycles. The molecule has 0 aromatic heterocycles. The molecule has 1 unspecified atom stereocenters. The van der Waals surface area contributed by atoms with E-state index in [4.69, 9.17) is 14.2 Å². The minimum absolute atomic E-state index is 0.311. The monoisotopic (exact) mass is 529 g/mol. The highest BCUT2D eigenvalue weighted by atomic mass is 79.9. The second kappa shape index (κ2) is 10.8. The molecular weight excluding hydrogens is 506 g/mol. The number of halogens is 1. The van der Waals surface area contributed by atoms with Crippen LogP contribution in [0.15, 0.2) is 102 Å². The maximum Gasteiger partial charge on any atom is 0.343 e. The molecule has 1 aliphatic heterocycles. The van der Waals surface area contributed by atoms with Gasteiger partial charge in [0.25, 0.3) is 0 Å². The minimum Gasteiger partial charge on any atom is -0.488 e. The number of carbonyl (C=O) groups is 1. The highest BCUT2D eigenvalue weighted by Gasteiger charge is 2.27. The summed E-state index contributed by atoms with van der Waals surface area (Å²) in [7, 11) is 0. The number of fused-ring (bicyclic) bond motifs is 1. The van der Waals surface area contributed by atoms with Crippen molar-refractivity contribution in [3.8, 4) is 11.5 Å². The Balaban J connectivity index is 1.39. The van der Waals surface area contributed by atoms with E-state index in [0.29, 0.717) is 41.3 Å². The first-order valence-corrected chi connectivity index (χ1v) is 12.2. The van der Waals surface area contributed by atoms with Gasteiger partial charge in [0.2, 0.25) is 0 Å². The van der Waals surface area contributed by atoms with E-state index in [1.165, 1.54) is 0 Å². The van der Waals surface area contributed by atoms with Crippen LogP contribution >= 0.6 is 15.9 Å². The Bertz CT molecular complexity index is 1310. The van der Waals surface area contributed by atoms with Crippen molar-refractivity contribution in [3.05, 3.63) is 129 Å². The molecule has 0 amide bonds. The average molecular weight is 530 g/mol. The van der Waals surface area contributed by atoms with Gasteiger partial charge in [-0.25, -0.2) is 4.79 Å². The van der Waals surface area contributed by atoms with Crippen LogP contribution in [-0.2, 0) is 24.5 Å². The van der Waals surface area contributed by atoms with E-state index in [1.807, 2.05) is 84.9 Å². The van der Waals surface area contributed by atoms with Crippen molar-refractivity contribution < 1.29 is 19.0 Å². The summed E-state index contributed by atoms with van der Waals surface area (Å²) in [6.07, 6.45) is -0.506. The van der Waals surface area contributed by atoms with Crippen molar-refractivity contribution >= 4 is 21.9 Å². The molecule has 0 spiro atoms. The van der Waals surface area contributed by atoms with E-state index in [1.54, 1.807) is 12.1 Å². The predicted octanol–water partition coefficient (Wildman–Crippen LogP) is 6.57. The molecular formula is C29H24BrNO4. The van der Waals surface area contributed by atoms with Crippen LogP contribution in [0.1, 0.15) is 38.8 Å². The highest BCUT2D eigenvalue weighted by Crippen LogP contribution is 2.36. The fourth-order valence-corrected chi connectivity index (χ4v) is 4.39. The largest absolute Gasteiger partial charge is 0.488 e. The first-order chi connectivity index (χ1) is 17.2. The van der Waals surface area contributed by atoms with E-state index < -0.39 is 12.2 Å². The quantitative estimate of drug-likeness (QED) is 0.262. The number of carbonyl (C=O) groups excluding carboxylic acids is 1. The Morgan fingerprint density at radius 2 is 1.40 bits per heavy atom. The first kappa shape index (κ1) is 23.1. The van der Waals surface area contributed by atoms with Crippen LogP contribution in [-0.4, -0.2) is 5.97 Å². The summed E-state index contributed by atoms with van der Waals surface area (Å²) < 4.78 is 18.6. The van der Waals surface area contributed by atoms with Crippen LogP contribution in [0, 0.1) is 0 Å². The summed E-state index contributed by atoms with van der Waals surface area (Å²) in [6.45, 7) is 1.36. The molecule has 4 aromatic carbocycles. The molecule has 1 aliphatic rings. The lowest BCUT2D eigenvalue weighted by atomic mass is 10.1. The van der Waals surface area contributed by atoms with Gasteiger partial charge in [0, 0.05) is 18.2 Å². The average Bonchev–Trinajstić information content (AvgIpc) is 3.31. The molecule has 0 radical (unpaired) electrons. The summed E-state index contributed by atoms with van der Waals surface area (Å²) in [5.41, 5.74) is 4.45. The Morgan fingerprint density at radius 1 is 0.800 bits per heavy atom. The summed E-state index contributed by atoms with van der Waals surface area (Å²) in [4.78, 5) is 13.3. The third-order valence-corrected chi connectivity index (χ3v) is 6.39. The van der Waals surface area contributed by atoms with Crippen LogP contribution in [0.5, 0.6) is 11.5 Å². The number of ether oxygens (including phenoxy) is 3. The third kappa shape index (κ3) is 5.56. The van der Waals surface area contributed by atoms with Crippen molar-refractivity contribution in [2.24, 2.45) is 0 Å². The lowest BCUT2D eigenvalue weighted by Crippen LogP contribution is -2.20. The first-order valence-electron chi connectivity index (χ1n) is 11.4. The molecule has 0 aliphatic carbocycles. The molecule has 5 rings (SSSR count). The Hall–Kier alpha value is -3.61. The van der Waals surface area contributed by atoms with Crippen LogP contribution in [0.3, 0.4) is 0 Å². The van der Waals surface area contributed by atoms with Gasteiger partial charge < -0.3 is 14.2 Å². The Kier molecular flexibility index (Phi) is 7.12. The number of nitrogens with one attached hydrogen (secondary N) is 1. The predicted molar refractivity (Wildman–Crippen MR) is 137 cm³/mol. The SMILES string of the molecule is O=C(OC1NCc2ccccc21)c1cc(Br)c(OCc2ccccc2)cc1OCc1ccccc1. The summed E-state index contributed by atoms with van der Waals surface area (Å²) >= 11 is 3.55. The van der Waals surface area contributed by atoms with Gasteiger partial charge in [-0.15, -0.1) is 0 Å². The molecule has 5 nitrogen and oxygen atoms in total. The number of esters is 1. The topological polar surface area (TPSA) is 56.8 Å². The van der Waals surface area contributed by atoms with Crippen LogP contribution in [0.4, 0.5) is 0 Å². The Labute approximate surface area is 212 Å². The fourth-order valence-electron chi connectivity index (χ4n) is 3.93. The van der Waals surface area contributed by atoms with E-state index in [2.05, 4.69) is 21.2 Å². The lowest BCUT2D eigenvalue weighted by molar-refractivity contribution is 0.0232. The number of hydrogen-bond donors (Lipinski definition) is 1. The van der Waals surface area contributed by atoms with Gasteiger partial charge in [-0.3, -0.25) is 5.32 Å². The normalized spacial score (nSPS) is 14.3. The molecule has 0 saturated carbocycles. The highest BCUT2D eigenvalue weighted by molar-refractivity contribution is 9.10. The van der Waals surface area contributed by atoms with E-state index in [9.17, 15) is 4.79 Å². The summed E-state index contributed by atoms with van der Waals surface area (Å²) in [5.74, 6) is 0.506. The molecule has 0 bridgehead atoms. The van der Waals surface area contributed by atoms with Crippen LogP contribution in [0.25, 0.3) is 0 Å². The van der Waals surface area contributed by atoms with Crippen LogP contribution in [0.2, 0.25) is 0 Å². The van der Waals surface area contributed by atoms with Gasteiger partial charge >= 0.3 is 5.97 Å². The van der Waals surface area contributed by atoms with Crippen LogP contribution < -0.4 is 14.8 Å². The maximum absolute atomic E-state index is 13.3. The fraction of sp³-hybridized carbons (Fsp3) is 0.138. The molecule has 1 atom stereocenters. The molecule has 35 heavy (non-hydrogen) atoms. The summed E-state index contributed by atoms with van der Waals surface area (Å²) in [6, 6.07) is 31.1. The zero-order valence-electron chi connectivity index (χ0n) is 18.9. The summed E-state index contributed by atoms with van der Waals surface area (Å²) in [5, 5.41) is 3.24. The standard InChI is InChI=1S/C29H24BrNO4/c30-25-15-24(29(32)35-28-23-14-8-7-13-22(23)17-31-28)26(33-18-20-9-3-1-4-10-20)16-27(25)34-19-21-11-5-2-6-12-21/h1-16,28,31H,17-19H2. The molecule has 0 fully saturated rings. The van der Waals surface area contributed by atoms with E-state index in [-0.39, 0.29) is 0 Å². The van der Waals surface area contributed by atoms with Gasteiger partial charge in [0.1, 0.15) is 30.3 Å². The molecule has 4 aromatic rings. The van der Waals surface area contributed by atoms with E-state index in [0.717, 1.165) is 22.3 Å². The molecule has 6 heteroatoms. The van der Waals surface area contributed by atoms with Gasteiger partial charge in [0.05, 0.1) is 4.47 Å². The zero-order chi connectivity index (χ0) is 24.0. The van der Waals surface area contributed by atoms with Crippen molar-refractivity contribution in [2.75, 3.05) is 0 Å². The van der Waals surface area contributed by atoms with Crippen molar-refractivity contribution in [1.82, 2.24) is 5.32 Å². The van der Waals surface area contributed by atoms with E-state index >= 15 is 0 Å². The van der Waals surface area contributed by atoms with Crippen molar-refractivity contribution in [2.45, 2.75) is 26.0 Å². The minimum atomic E-state index is -0.506. The van der Waals surface area contributed by atoms with Gasteiger partial charge in [0.15, 0.2) is 6.23 Å².